The number of hydrogen-bond acceptors (Lipinski definition) is 5. The van der Waals surface area contributed by atoms with Gasteiger partial charge in [-0.05, 0) is 71.4 Å². The fourth-order valence-corrected chi connectivity index (χ4v) is 4.17. The largest absolute Gasteiger partial charge is 0.444 e. The number of primary amides is 1. The van der Waals surface area contributed by atoms with Gasteiger partial charge in [0, 0.05) is 12.6 Å². The monoisotopic (exact) mass is 502 g/mol. The van der Waals surface area contributed by atoms with Crippen molar-refractivity contribution in [2.45, 2.75) is 104 Å². The molecule has 1 aromatic carbocycles. The predicted molar refractivity (Wildman–Crippen MR) is 138 cm³/mol. The molecule has 2 unspecified atom stereocenters. The normalized spacial score (nSPS) is 15.3. The first-order chi connectivity index (χ1) is 16.8. The number of ether oxygens (including phenoxy) is 1. The lowest BCUT2D eigenvalue weighted by Gasteiger charge is -2.44. The van der Waals surface area contributed by atoms with Crippen LogP contribution >= 0.6 is 0 Å². The van der Waals surface area contributed by atoms with Crippen molar-refractivity contribution in [1.29, 1.82) is 0 Å². The number of nitrogens with one attached hydrogen (secondary N) is 2. The second-order valence-corrected chi connectivity index (χ2v) is 10.6. The highest BCUT2D eigenvalue weighted by Crippen LogP contribution is 2.35. The van der Waals surface area contributed by atoms with Crippen molar-refractivity contribution < 1.29 is 23.9 Å². The van der Waals surface area contributed by atoms with Gasteiger partial charge in [0.1, 0.15) is 17.7 Å². The van der Waals surface area contributed by atoms with E-state index in [1.807, 2.05) is 39.0 Å². The Morgan fingerprint density at radius 2 is 1.83 bits per heavy atom. The van der Waals surface area contributed by atoms with E-state index in [4.69, 9.17) is 10.5 Å². The molecule has 0 radical (unpaired) electrons. The highest BCUT2D eigenvalue weighted by atomic mass is 16.6. The smallest absolute Gasteiger partial charge is 0.408 e. The summed E-state index contributed by atoms with van der Waals surface area (Å²) in [5, 5.41) is 5.51. The molecule has 4 N–H and O–H groups in total. The van der Waals surface area contributed by atoms with Gasteiger partial charge in [-0.1, -0.05) is 37.1 Å². The molecule has 4 amide bonds. The van der Waals surface area contributed by atoms with E-state index in [-0.39, 0.29) is 11.9 Å². The summed E-state index contributed by atoms with van der Waals surface area (Å²) < 4.78 is 5.32. The number of alkyl carbamates (subject to hydrolysis) is 1. The lowest BCUT2D eigenvalue weighted by molar-refractivity contribution is -0.148. The van der Waals surface area contributed by atoms with Gasteiger partial charge in [-0.15, -0.1) is 0 Å². The first kappa shape index (κ1) is 29.1. The van der Waals surface area contributed by atoms with Crippen LogP contribution < -0.4 is 16.4 Å². The summed E-state index contributed by atoms with van der Waals surface area (Å²) in [7, 11) is 0. The van der Waals surface area contributed by atoms with Gasteiger partial charge >= 0.3 is 6.09 Å². The number of amides is 4. The van der Waals surface area contributed by atoms with Crippen LogP contribution in [0, 0.1) is 13.8 Å². The maximum absolute atomic E-state index is 14.0. The van der Waals surface area contributed by atoms with E-state index in [9.17, 15) is 19.2 Å². The zero-order valence-electron chi connectivity index (χ0n) is 22.5. The molecule has 0 aromatic heterocycles. The molecule has 0 aliphatic heterocycles. The van der Waals surface area contributed by atoms with Crippen LogP contribution in [0.15, 0.2) is 18.2 Å². The molecule has 0 saturated heterocycles. The van der Waals surface area contributed by atoms with Crippen LogP contribution in [0.3, 0.4) is 0 Å². The van der Waals surface area contributed by atoms with E-state index < -0.39 is 42.0 Å². The summed E-state index contributed by atoms with van der Waals surface area (Å²) in [6.07, 6.45) is 2.87. The van der Waals surface area contributed by atoms with Gasteiger partial charge in [-0.25, -0.2) is 4.79 Å². The van der Waals surface area contributed by atoms with Crippen molar-refractivity contribution in [3.05, 3.63) is 34.9 Å². The molecule has 1 aliphatic carbocycles. The summed E-state index contributed by atoms with van der Waals surface area (Å²) in [6.45, 7) is 11.5. The molecule has 200 valence electrons. The molecule has 36 heavy (non-hydrogen) atoms. The second-order valence-electron chi connectivity index (χ2n) is 10.6. The van der Waals surface area contributed by atoms with E-state index in [1.165, 1.54) is 0 Å². The molecule has 9 heteroatoms. The first-order valence-electron chi connectivity index (χ1n) is 12.8. The zero-order chi connectivity index (χ0) is 27.0. The lowest BCUT2D eigenvalue weighted by Crippen LogP contribution is -2.58. The number of hydrogen-bond donors (Lipinski definition) is 3. The fourth-order valence-electron chi connectivity index (χ4n) is 4.17. The highest BCUT2D eigenvalue weighted by Gasteiger charge is 2.42. The van der Waals surface area contributed by atoms with Crippen LogP contribution in [0.2, 0.25) is 0 Å². The minimum absolute atomic E-state index is 0.199. The Kier molecular flexibility index (Phi) is 10.3. The molecule has 1 aliphatic rings. The zero-order valence-corrected chi connectivity index (χ0v) is 22.5. The number of carbonyl (C=O) groups is 4. The van der Waals surface area contributed by atoms with Crippen molar-refractivity contribution in [3.63, 3.8) is 0 Å². The van der Waals surface area contributed by atoms with Crippen molar-refractivity contribution >= 4 is 23.8 Å². The van der Waals surface area contributed by atoms with Crippen LogP contribution in [0.25, 0.3) is 0 Å². The number of nitrogens with two attached hydrogens (primary N) is 1. The number of benzene rings is 1. The number of carbonyl (C=O) groups excluding carboxylic acids is 4. The lowest BCUT2D eigenvalue weighted by atomic mass is 9.86. The third-order valence-corrected chi connectivity index (χ3v) is 6.20. The highest BCUT2D eigenvalue weighted by molar-refractivity contribution is 5.95. The Labute approximate surface area is 214 Å². The molecule has 0 spiro atoms. The average Bonchev–Trinajstić information content (AvgIpc) is 2.72. The van der Waals surface area contributed by atoms with Crippen LogP contribution in [0.5, 0.6) is 0 Å². The number of rotatable bonds is 11. The topological polar surface area (TPSA) is 131 Å². The van der Waals surface area contributed by atoms with Crippen molar-refractivity contribution in [1.82, 2.24) is 15.5 Å². The SMILES string of the molecule is CCCCNC(=O)C(c1cc(C)ccc1C)N(C(=O)C(CC(N)=O)NC(=O)OC(C)(C)C)C1CCC1. The van der Waals surface area contributed by atoms with Gasteiger partial charge in [0.25, 0.3) is 0 Å². The molecular weight excluding hydrogens is 460 g/mol. The van der Waals surface area contributed by atoms with Gasteiger partial charge in [0.2, 0.25) is 17.7 Å². The van der Waals surface area contributed by atoms with E-state index in [2.05, 4.69) is 10.6 Å². The van der Waals surface area contributed by atoms with E-state index in [0.717, 1.165) is 48.8 Å². The summed E-state index contributed by atoms with van der Waals surface area (Å²) in [4.78, 5) is 53.6. The summed E-state index contributed by atoms with van der Waals surface area (Å²) in [5.74, 6) is -1.55. The maximum Gasteiger partial charge on any atom is 0.408 e. The molecule has 1 fully saturated rings. The van der Waals surface area contributed by atoms with E-state index >= 15 is 0 Å². The standard InChI is InChI=1S/C27H42N4O5/c1-7-8-14-29-24(33)23(20-15-17(2)12-13-18(20)3)31(19-10-9-11-19)25(34)21(16-22(28)32)30-26(35)36-27(4,5)6/h12-13,15,19,21,23H,7-11,14,16H2,1-6H3,(H2,28,32)(H,29,33)(H,30,35). The van der Waals surface area contributed by atoms with Crippen molar-refractivity contribution in [2.75, 3.05) is 6.54 Å². The number of unbranched alkanes of at least 4 members (excludes halogenated alkanes) is 1. The molecule has 1 saturated carbocycles. The van der Waals surface area contributed by atoms with Crippen LogP contribution in [-0.2, 0) is 19.1 Å². The van der Waals surface area contributed by atoms with Gasteiger partial charge in [-0.3, -0.25) is 14.4 Å². The van der Waals surface area contributed by atoms with Gasteiger partial charge in [-0.2, -0.15) is 0 Å². The number of nitrogens with zero attached hydrogens (tertiary/aromatic N) is 1. The second kappa shape index (κ2) is 12.7. The van der Waals surface area contributed by atoms with Gasteiger partial charge in [0.15, 0.2) is 0 Å². The molecule has 0 bridgehead atoms. The molecular formula is C27H42N4O5. The average molecular weight is 503 g/mol. The quantitative estimate of drug-likeness (QED) is 0.399. The summed E-state index contributed by atoms with van der Waals surface area (Å²) in [5.41, 5.74) is 7.21. The Morgan fingerprint density at radius 1 is 1.17 bits per heavy atom. The van der Waals surface area contributed by atoms with Crippen molar-refractivity contribution in [3.8, 4) is 0 Å². The van der Waals surface area contributed by atoms with Gasteiger partial charge < -0.3 is 26.0 Å². The maximum atomic E-state index is 14.0. The molecule has 9 nitrogen and oxygen atoms in total. The van der Waals surface area contributed by atoms with Gasteiger partial charge in [0.05, 0.1) is 6.42 Å². The first-order valence-corrected chi connectivity index (χ1v) is 12.8. The Balaban J connectivity index is 2.51. The third kappa shape index (κ3) is 8.24. The molecule has 2 atom stereocenters. The van der Waals surface area contributed by atoms with Crippen LogP contribution in [-0.4, -0.2) is 52.9 Å². The summed E-state index contributed by atoms with van der Waals surface area (Å²) in [6, 6.07) is 3.45. The third-order valence-electron chi connectivity index (χ3n) is 6.20. The Morgan fingerprint density at radius 3 is 2.36 bits per heavy atom. The van der Waals surface area contributed by atoms with Crippen LogP contribution in [0.1, 0.15) is 89.0 Å². The predicted octanol–water partition coefficient (Wildman–Crippen LogP) is 3.41. The number of aryl methyl sites for hydroxylation is 2. The fraction of sp³-hybridized carbons (Fsp3) is 0.630. The molecule has 2 rings (SSSR count). The van der Waals surface area contributed by atoms with E-state index in [1.54, 1.807) is 25.7 Å². The van der Waals surface area contributed by atoms with Crippen molar-refractivity contribution in [2.24, 2.45) is 5.73 Å². The minimum atomic E-state index is -1.26. The Hall–Kier alpha value is -3.10. The minimum Gasteiger partial charge on any atom is -0.444 e. The molecule has 1 aromatic rings. The Bertz CT molecular complexity index is 952. The molecule has 0 heterocycles. The van der Waals surface area contributed by atoms with E-state index in [0.29, 0.717) is 6.54 Å². The van der Waals surface area contributed by atoms with Crippen LogP contribution in [0.4, 0.5) is 4.79 Å². The summed E-state index contributed by atoms with van der Waals surface area (Å²) >= 11 is 0.